The van der Waals surface area contributed by atoms with Gasteiger partial charge >= 0.3 is 0 Å². The molecular weight excluding hydrogens is 222 g/mol. The Hall–Kier alpha value is -0.640. The van der Waals surface area contributed by atoms with Crippen LogP contribution in [0.4, 0.5) is 0 Å². The van der Waals surface area contributed by atoms with E-state index in [0.29, 0.717) is 17.2 Å². The molecule has 1 aliphatic heterocycles. The van der Waals surface area contributed by atoms with Crippen LogP contribution >= 0.6 is 11.6 Å². The van der Waals surface area contributed by atoms with Crippen LogP contribution in [-0.2, 0) is 6.54 Å². The molecule has 2 unspecified atom stereocenters. The number of nitrogens with zero attached hydrogens (tertiary/aromatic N) is 2. The van der Waals surface area contributed by atoms with Gasteiger partial charge < -0.3 is 5.32 Å². The van der Waals surface area contributed by atoms with Crippen molar-refractivity contribution in [1.29, 1.82) is 0 Å². The third kappa shape index (κ3) is 2.94. The lowest BCUT2D eigenvalue weighted by atomic mass is 10.1. The number of nitrogens with one attached hydrogen (secondary N) is 1. The first-order valence-electron chi connectivity index (χ1n) is 5.73. The van der Waals surface area contributed by atoms with Crippen molar-refractivity contribution in [2.75, 3.05) is 13.1 Å². The van der Waals surface area contributed by atoms with Gasteiger partial charge in [-0.3, -0.25) is 4.90 Å². The molecule has 2 heterocycles. The van der Waals surface area contributed by atoms with E-state index >= 15 is 0 Å². The summed E-state index contributed by atoms with van der Waals surface area (Å²) < 4.78 is 0. The van der Waals surface area contributed by atoms with Crippen LogP contribution in [0.15, 0.2) is 18.3 Å². The van der Waals surface area contributed by atoms with Gasteiger partial charge in [-0.25, -0.2) is 4.98 Å². The van der Waals surface area contributed by atoms with Crippen LogP contribution in [0, 0.1) is 0 Å². The molecule has 88 valence electrons. The van der Waals surface area contributed by atoms with E-state index in [1.165, 1.54) is 5.56 Å². The quantitative estimate of drug-likeness (QED) is 0.800. The van der Waals surface area contributed by atoms with Crippen molar-refractivity contribution in [3.05, 3.63) is 29.0 Å². The van der Waals surface area contributed by atoms with Crippen LogP contribution in [0.5, 0.6) is 0 Å². The van der Waals surface area contributed by atoms with E-state index in [9.17, 15) is 0 Å². The van der Waals surface area contributed by atoms with Crippen LogP contribution in [-0.4, -0.2) is 35.1 Å². The highest BCUT2D eigenvalue weighted by Crippen LogP contribution is 2.14. The molecule has 0 aliphatic carbocycles. The van der Waals surface area contributed by atoms with Crippen molar-refractivity contribution in [3.63, 3.8) is 0 Å². The fraction of sp³-hybridized carbons (Fsp3) is 0.583. The molecule has 0 bridgehead atoms. The summed E-state index contributed by atoms with van der Waals surface area (Å²) in [6.07, 6.45) is 1.77. The molecule has 1 aromatic heterocycles. The van der Waals surface area contributed by atoms with Gasteiger partial charge in [0.25, 0.3) is 0 Å². The third-order valence-electron chi connectivity index (χ3n) is 3.07. The first-order valence-corrected chi connectivity index (χ1v) is 6.11. The zero-order valence-electron chi connectivity index (χ0n) is 9.78. The second kappa shape index (κ2) is 5.13. The number of halogens is 1. The summed E-state index contributed by atoms with van der Waals surface area (Å²) in [7, 11) is 0. The third-order valence-corrected chi connectivity index (χ3v) is 3.28. The Morgan fingerprint density at radius 2 is 2.38 bits per heavy atom. The van der Waals surface area contributed by atoms with Gasteiger partial charge in [0.15, 0.2) is 0 Å². The predicted molar refractivity (Wildman–Crippen MR) is 66.6 cm³/mol. The Balaban J connectivity index is 2.02. The highest BCUT2D eigenvalue weighted by atomic mass is 35.5. The van der Waals surface area contributed by atoms with Crippen LogP contribution < -0.4 is 5.32 Å². The molecular formula is C12H18ClN3. The molecule has 0 spiro atoms. The molecule has 1 saturated heterocycles. The number of piperazine rings is 1. The minimum Gasteiger partial charge on any atom is -0.311 e. The maximum atomic E-state index is 5.89. The molecule has 1 aliphatic rings. The highest BCUT2D eigenvalue weighted by molar-refractivity contribution is 6.29. The average Bonchev–Trinajstić information content (AvgIpc) is 2.24. The molecule has 1 aromatic rings. The van der Waals surface area contributed by atoms with E-state index in [2.05, 4.69) is 29.0 Å². The number of rotatable bonds is 2. The van der Waals surface area contributed by atoms with E-state index in [1.807, 2.05) is 12.1 Å². The van der Waals surface area contributed by atoms with Crippen molar-refractivity contribution < 1.29 is 0 Å². The molecule has 0 radical (unpaired) electrons. The molecule has 16 heavy (non-hydrogen) atoms. The van der Waals surface area contributed by atoms with Crippen molar-refractivity contribution in [2.45, 2.75) is 32.5 Å². The van der Waals surface area contributed by atoms with Crippen LogP contribution in [0.2, 0.25) is 5.15 Å². The SMILES string of the molecule is CC1CN(Cc2ccnc(Cl)c2)C(C)CN1. The average molecular weight is 240 g/mol. The molecule has 0 amide bonds. The first-order chi connectivity index (χ1) is 7.65. The van der Waals surface area contributed by atoms with Gasteiger partial charge in [0.05, 0.1) is 0 Å². The van der Waals surface area contributed by atoms with Gasteiger partial charge in [-0.05, 0) is 31.5 Å². The number of aromatic nitrogens is 1. The van der Waals surface area contributed by atoms with Crippen LogP contribution in [0.1, 0.15) is 19.4 Å². The van der Waals surface area contributed by atoms with Gasteiger partial charge in [-0.2, -0.15) is 0 Å². The summed E-state index contributed by atoms with van der Waals surface area (Å²) in [5.41, 5.74) is 1.24. The minimum absolute atomic E-state index is 0.563. The van der Waals surface area contributed by atoms with Crippen molar-refractivity contribution >= 4 is 11.6 Å². The molecule has 1 N–H and O–H groups in total. The van der Waals surface area contributed by atoms with Gasteiger partial charge in [-0.15, -0.1) is 0 Å². The molecule has 1 fully saturated rings. The second-order valence-electron chi connectivity index (χ2n) is 4.57. The summed E-state index contributed by atoms with van der Waals surface area (Å²) in [4.78, 5) is 6.48. The fourth-order valence-corrected chi connectivity index (χ4v) is 2.29. The van der Waals surface area contributed by atoms with Crippen LogP contribution in [0.25, 0.3) is 0 Å². The maximum Gasteiger partial charge on any atom is 0.129 e. The predicted octanol–water partition coefficient (Wildman–Crippen LogP) is 1.92. The molecule has 2 rings (SSSR count). The molecule has 4 heteroatoms. The highest BCUT2D eigenvalue weighted by Gasteiger charge is 2.22. The van der Waals surface area contributed by atoms with E-state index in [-0.39, 0.29) is 0 Å². The topological polar surface area (TPSA) is 28.2 Å². The lowest BCUT2D eigenvalue weighted by molar-refractivity contribution is 0.139. The van der Waals surface area contributed by atoms with Gasteiger partial charge in [0.1, 0.15) is 5.15 Å². The van der Waals surface area contributed by atoms with Crippen molar-refractivity contribution in [3.8, 4) is 0 Å². The summed E-state index contributed by atoms with van der Waals surface area (Å²) >= 11 is 5.89. The number of pyridine rings is 1. The zero-order valence-corrected chi connectivity index (χ0v) is 10.5. The molecule has 3 nitrogen and oxygen atoms in total. The smallest absolute Gasteiger partial charge is 0.129 e. The maximum absolute atomic E-state index is 5.89. The van der Waals surface area contributed by atoms with Crippen LogP contribution in [0.3, 0.4) is 0 Å². The zero-order chi connectivity index (χ0) is 11.5. The fourth-order valence-electron chi connectivity index (χ4n) is 2.09. The lowest BCUT2D eigenvalue weighted by Gasteiger charge is -2.37. The normalized spacial score (nSPS) is 26.9. The monoisotopic (exact) mass is 239 g/mol. The standard InChI is InChI=1S/C12H18ClN3/c1-9-7-16(10(2)6-15-9)8-11-3-4-14-12(13)5-11/h3-5,9-10,15H,6-8H2,1-2H3. The molecule has 2 atom stereocenters. The summed E-state index contributed by atoms with van der Waals surface area (Å²) in [6.45, 7) is 7.57. The Kier molecular flexibility index (Phi) is 3.79. The second-order valence-corrected chi connectivity index (χ2v) is 4.96. The number of hydrogen-bond acceptors (Lipinski definition) is 3. The van der Waals surface area contributed by atoms with E-state index in [4.69, 9.17) is 11.6 Å². The summed E-state index contributed by atoms with van der Waals surface area (Å²) in [6, 6.07) is 5.11. The summed E-state index contributed by atoms with van der Waals surface area (Å²) in [5.74, 6) is 0. The Bertz CT molecular complexity index is 356. The van der Waals surface area contributed by atoms with E-state index in [1.54, 1.807) is 6.20 Å². The lowest BCUT2D eigenvalue weighted by Crippen LogP contribution is -2.53. The molecule has 0 aromatic carbocycles. The van der Waals surface area contributed by atoms with Gasteiger partial charge in [0, 0.05) is 37.9 Å². The molecule has 0 saturated carbocycles. The van der Waals surface area contributed by atoms with Crippen molar-refractivity contribution in [2.24, 2.45) is 0 Å². The Labute approximate surface area is 102 Å². The van der Waals surface area contributed by atoms with Crippen molar-refractivity contribution in [1.82, 2.24) is 15.2 Å². The van der Waals surface area contributed by atoms with E-state index in [0.717, 1.165) is 19.6 Å². The largest absolute Gasteiger partial charge is 0.311 e. The van der Waals surface area contributed by atoms with E-state index < -0.39 is 0 Å². The summed E-state index contributed by atoms with van der Waals surface area (Å²) in [5, 5.41) is 4.06. The number of hydrogen-bond donors (Lipinski definition) is 1. The van der Waals surface area contributed by atoms with Gasteiger partial charge in [0.2, 0.25) is 0 Å². The van der Waals surface area contributed by atoms with Gasteiger partial charge in [-0.1, -0.05) is 11.6 Å². The Morgan fingerprint density at radius 3 is 3.12 bits per heavy atom. The minimum atomic E-state index is 0.563. The first kappa shape index (κ1) is 11.8. The Morgan fingerprint density at radius 1 is 1.56 bits per heavy atom.